The Balaban J connectivity index is 2.22. The summed E-state index contributed by atoms with van der Waals surface area (Å²) >= 11 is 0. The monoisotopic (exact) mass is 270 g/mol. The minimum atomic E-state index is 0.0680. The minimum Gasteiger partial charge on any atom is -0.363 e. The van der Waals surface area contributed by atoms with E-state index in [0.29, 0.717) is 11.4 Å². The molecule has 0 unspecified atom stereocenters. The fourth-order valence-corrected chi connectivity index (χ4v) is 1.93. The van der Waals surface area contributed by atoms with Gasteiger partial charge in [0, 0.05) is 18.4 Å². The molecule has 1 N–H and O–H groups in total. The van der Waals surface area contributed by atoms with Gasteiger partial charge in [0.25, 0.3) is 0 Å². The highest BCUT2D eigenvalue weighted by Gasteiger charge is 2.18. The molecule has 0 radical (unpaired) electrons. The molecule has 2 heterocycles. The number of hydrogen-bond acceptors (Lipinski definition) is 5. The lowest BCUT2D eigenvalue weighted by atomic mass is 10.1. The second-order valence-corrected chi connectivity index (χ2v) is 4.91. The Morgan fingerprint density at radius 2 is 2.05 bits per heavy atom. The highest BCUT2D eigenvalue weighted by atomic mass is 15.3. The summed E-state index contributed by atoms with van der Waals surface area (Å²) in [5.74, 6) is 0.530. The largest absolute Gasteiger partial charge is 0.363 e. The number of anilines is 1. The molecule has 0 fully saturated rings. The summed E-state index contributed by atoms with van der Waals surface area (Å²) in [6, 6.07) is 4.29. The summed E-state index contributed by atoms with van der Waals surface area (Å²) in [5, 5.41) is 24.9. The first kappa shape index (κ1) is 14.0. The molecule has 0 aromatic carbocycles. The molecule has 6 nitrogen and oxygen atoms in total. The Bertz CT molecular complexity index is 626. The van der Waals surface area contributed by atoms with Crippen LogP contribution < -0.4 is 5.32 Å². The Morgan fingerprint density at radius 3 is 2.65 bits per heavy atom. The van der Waals surface area contributed by atoms with E-state index in [1.165, 1.54) is 0 Å². The van der Waals surface area contributed by atoms with Crippen LogP contribution in [0.1, 0.15) is 36.7 Å². The van der Waals surface area contributed by atoms with Crippen LogP contribution >= 0.6 is 0 Å². The second-order valence-electron chi connectivity index (χ2n) is 4.91. The highest BCUT2D eigenvalue weighted by Crippen LogP contribution is 2.20. The van der Waals surface area contributed by atoms with Crippen molar-refractivity contribution in [3.8, 4) is 6.07 Å². The standard InChI is InChI=1S/C14H18N6/c1-9-10(2)18-19-14(13(9)8-15)17-11(3)12(4)20-7-5-6-16-20/h5-7,11-12H,1-4H3,(H,17,19)/t11-,12+/m0/s1. The Hall–Kier alpha value is -2.42. The van der Waals surface area contributed by atoms with Crippen molar-refractivity contribution in [3.63, 3.8) is 0 Å². The van der Waals surface area contributed by atoms with Crippen LogP contribution in [-0.2, 0) is 0 Å². The predicted molar refractivity (Wildman–Crippen MR) is 76.2 cm³/mol. The molecule has 2 rings (SSSR count). The van der Waals surface area contributed by atoms with Crippen molar-refractivity contribution < 1.29 is 0 Å². The number of rotatable bonds is 4. The first-order valence-corrected chi connectivity index (χ1v) is 6.54. The van der Waals surface area contributed by atoms with Crippen LogP contribution in [0.4, 0.5) is 5.82 Å². The quantitative estimate of drug-likeness (QED) is 0.921. The van der Waals surface area contributed by atoms with E-state index in [1.807, 2.05) is 37.7 Å². The maximum absolute atomic E-state index is 9.28. The van der Waals surface area contributed by atoms with Crippen LogP contribution in [0.15, 0.2) is 18.5 Å². The lowest BCUT2D eigenvalue weighted by molar-refractivity contribution is 0.442. The molecule has 0 aliphatic carbocycles. The Kier molecular flexibility index (Phi) is 3.99. The zero-order valence-corrected chi connectivity index (χ0v) is 12.1. The van der Waals surface area contributed by atoms with Gasteiger partial charge in [-0.25, -0.2) is 0 Å². The first-order chi connectivity index (χ1) is 9.54. The molecule has 0 saturated carbocycles. The van der Waals surface area contributed by atoms with Crippen LogP contribution in [0.5, 0.6) is 0 Å². The normalized spacial score (nSPS) is 13.6. The summed E-state index contributed by atoms with van der Waals surface area (Å²) in [6.07, 6.45) is 3.67. The maximum atomic E-state index is 9.28. The third kappa shape index (κ3) is 2.62. The van der Waals surface area contributed by atoms with E-state index >= 15 is 0 Å². The fourth-order valence-electron chi connectivity index (χ4n) is 1.93. The van der Waals surface area contributed by atoms with Gasteiger partial charge in [0.2, 0.25) is 0 Å². The van der Waals surface area contributed by atoms with Crippen molar-refractivity contribution >= 4 is 5.82 Å². The van der Waals surface area contributed by atoms with Crippen LogP contribution in [0.25, 0.3) is 0 Å². The Morgan fingerprint density at radius 1 is 1.30 bits per heavy atom. The van der Waals surface area contributed by atoms with Gasteiger partial charge in [0.1, 0.15) is 11.6 Å². The summed E-state index contributed by atoms with van der Waals surface area (Å²) in [6.45, 7) is 7.83. The van der Waals surface area contributed by atoms with Gasteiger partial charge in [0.15, 0.2) is 5.82 Å². The zero-order chi connectivity index (χ0) is 14.7. The lowest BCUT2D eigenvalue weighted by Gasteiger charge is -2.22. The molecular formula is C14H18N6. The van der Waals surface area contributed by atoms with Gasteiger partial charge in [-0.05, 0) is 39.3 Å². The summed E-state index contributed by atoms with van der Waals surface area (Å²) in [4.78, 5) is 0. The van der Waals surface area contributed by atoms with Gasteiger partial charge in [-0.3, -0.25) is 4.68 Å². The molecule has 0 bridgehead atoms. The van der Waals surface area contributed by atoms with Crippen LogP contribution in [0, 0.1) is 25.2 Å². The molecule has 2 atom stereocenters. The molecule has 0 saturated heterocycles. The van der Waals surface area contributed by atoms with Crippen LogP contribution in [0.2, 0.25) is 0 Å². The van der Waals surface area contributed by atoms with Crippen molar-refractivity contribution in [2.45, 2.75) is 39.8 Å². The second kappa shape index (κ2) is 5.70. The smallest absolute Gasteiger partial charge is 0.167 e. The van der Waals surface area contributed by atoms with Gasteiger partial charge in [-0.1, -0.05) is 0 Å². The number of aromatic nitrogens is 4. The molecule has 0 amide bonds. The van der Waals surface area contributed by atoms with E-state index in [-0.39, 0.29) is 12.1 Å². The number of hydrogen-bond donors (Lipinski definition) is 1. The van der Waals surface area contributed by atoms with Crippen LogP contribution in [-0.4, -0.2) is 26.0 Å². The third-order valence-corrected chi connectivity index (χ3v) is 3.60. The van der Waals surface area contributed by atoms with Crippen molar-refractivity contribution in [2.24, 2.45) is 0 Å². The van der Waals surface area contributed by atoms with Crippen molar-refractivity contribution in [2.75, 3.05) is 5.32 Å². The van der Waals surface area contributed by atoms with Gasteiger partial charge in [-0.15, -0.1) is 5.10 Å². The van der Waals surface area contributed by atoms with E-state index in [1.54, 1.807) is 6.20 Å². The van der Waals surface area contributed by atoms with Gasteiger partial charge >= 0.3 is 0 Å². The van der Waals surface area contributed by atoms with E-state index in [2.05, 4.69) is 33.6 Å². The van der Waals surface area contributed by atoms with Gasteiger partial charge in [0.05, 0.1) is 11.7 Å². The van der Waals surface area contributed by atoms with Crippen molar-refractivity contribution in [1.29, 1.82) is 5.26 Å². The van der Waals surface area contributed by atoms with E-state index in [0.717, 1.165) is 11.3 Å². The molecule has 0 spiro atoms. The first-order valence-electron chi connectivity index (χ1n) is 6.54. The predicted octanol–water partition coefficient (Wildman–Crippen LogP) is 2.22. The Labute approximate surface area is 118 Å². The summed E-state index contributed by atoms with van der Waals surface area (Å²) in [5.41, 5.74) is 2.20. The summed E-state index contributed by atoms with van der Waals surface area (Å²) in [7, 11) is 0. The lowest BCUT2D eigenvalue weighted by Crippen LogP contribution is -2.28. The number of nitriles is 1. The molecule has 0 aliphatic rings. The van der Waals surface area contributed by atoms with Gasteiger partial charge in [-0.2, -0.15) is 15.5 Å². The van der Waals surface area contributed by atoms with Gasteiger partial charge < -0.3 is 5.32 Å². The molecule has 0 aliphatic heterocycles. The average Bonchev–Trinajstić information content (AvgIpc) is 2.96. The SMILES string of the molecule is Cc1nnc(N[C@@H](C)[C@@H](C)n2cccn2)c(C#N)c1C. The van der Waals surface area contributed by atoms with E-state index in [9.17, 15) is 5.26 Å². The minimum absolute atomic E-state index is 0.0680. The average molecular weight is 270 g/mol. The molecule has 2 aromatic heterocycles. The number of nitrogens with zero attached hydrogens (tertiary/aromatic N) is 5. The van der Waals surface area contributed by atoms with E-state index in [4.69, 9.17) is 0 Å². The topological polar surface area (TPSA) is 79.4 Å². The number of nitrogens with one attached hydrogen (secondary N) is 1. The summed E-state index contributed by atoms with van der Waals surface area (Å²) < 4.78 is 1.87. The molecule has 6 heteroatoms. The number of aryl methyl sites for hydroxylation is 1. The zero-order valence-electron chi connectivity index (χ0n) is 12.1. The maximum Gasteiger partial charge on any atom is 0.167 e. The van der Waals surface area contributed by atoms with E-state index < -0.39 is 0 Å². The molecular weight excluding hydrogens is 252 g/mol. The fraction of sp³-hybridized carbons (Fsp3) is 0.429. The third-order valence-electron chi connectivity index (χ3n) is 3.60. The molecule has 104 valence electrons. The highest BCUT2D eigenvalue weighted by molar-refractivity contribution is 5.56. The van der Waals surface area contributed by atoms with Crippen molar-refractivity contribution in [3.05, 3.63) is 35.3 Å². The van der Waals surface area contributed by atoms with Crippen LogP contribution in [0.3, 0.4) is 0 Å². The molecule has 20 heavy (non-hydrogen) atoms. The van der Waals surface area contributed by atoms with Crippen molar-refractivity contribution in [1.82, 2.24) is 20.0 Å². The molecule has 2 aromatic rings.